The molecule has 0 fully saturated rings. The fraction of sp³-hybridized carbons (Fsp3) is 0.143. The number of hydrogen-bond donors (Lipinski definition) is 0. The molecule has 80 valence electrons. The lowest BCUT2D eigenvalue weighted by atomic mass is 10.1. The topological polar surface area (TPSA) is 20.9 Å². The lowest BCUT2D eigenvalue weighted by Crippen LogP contribution is -2.36. The van der Waals surface area contributed by atoms with Crippen molar-refractivity contribution in [3.63, 3.8) is 0 Å². The van der Waals surface area contributed by atoms with Gasteiger partial charge in [-0.25, -0.2) is 0 Å². The average Bonchev–Trinajstić information content (AvgIpc) is 2.30. The van der Waals surface area contributed by atoms with E-state index >= 15 is 0 Å². The first-order valence-electron chi connectivity index (χ1n) is 5.30. The van der Waals surface area contributed by atoms with Gasteiger partial charge in [0.15, 0.2) is 18.2 Å². The minimum atomic E-state index is 0.162. The molecule has 0 bridgehead atoms. The van der Waals surface area contributed by atoms with Crippen LogP contribution in [0, 0.1) is 0 Å². The summed E-state index contributed by atoms with van der Waals surface area (Å²) in [5, 5.41) is 0. The molecule has 0 amide bonds. The van der Waals surface area contributed by atoms with Crippen LogP contribution in [0.2, 0.25) is 0 Å². The quantitative estimate of drug-likeness (QED) is 0.715. The average molecular weight is 212 g/mol. The third-order valence-electron chi connectivity index (χ3n) is 2.37. The smallest absolute Gasteiger partial charge is 0.206 e. The summed E-state index contributed by atoms with van der Waals surface area (Å²) >= 11 is 0. The highest BCUT2D eigenvalue weighted by Crippen LogP contribution is 2.15. The largest absolute Gasteiger partial charge is 0.293 e. The lowest BCUT2D eigenvalue weighted by molar-refractivity contribution is -0.683. The third kappa shape index (κ3) is 2.54. The third-order valence-corrected chi connectivity index (χ3v) is 2.37. The van der Waals surface area contributed by atoms with Gasteiger partial charge in [-0.1, -0.05) is 30.3 Å². The normalized spacial score (nSPS) is 10.1. The molecular weight excluding hydrogens is 198 g/mol. The maximum Gasteiger partial charge on any atom is 0.206 e. The molecule has 0 radical (unpaired) electrons. The molecule has 0 aliphatic rings. The van der Waals surface area contributed by atoms with Crippen molar-refractivity contribution in [2.45, 2.75) is 13.5 Å². The van der Waals surface area contributed by atoms with E-state index < -0.39 is 0 Å². The van der Waals surface area contributed by atoms with Crippen LogP contribution >= 0.6 is 0 Å². The summed E-state index contributed by atoms with van der Waals surface area (Å²) in [5.74, 6) is 0.162. The number of ketones is 1. The van der Waals surface area contributed by atoms with Gasteiger partial charge in [0.25, 0.3) is 0 Å². The van der Waals surface area contributed by atoms with Crippen molar-refractivity contribution in [3.05, 3.63) is 54.9 Å². The summed E-state index contributed by atoms with van der Waals surface area (Å²) in [4.78, 5) is 11.0. The van der Waals surface area contributed by atoms with Crippen LogP contribution in [0.3, 0.4) is 0 Å². The van der Waals surface area contributed by atoms with Crippen LogP contribution in [0.1, 0.15) is 6.92 Å². The van der Waals surface area contributed by atoms with Gasteiger partial charge < -0.3 is 0 Å². The Labute approximate surface area is 95.2 Å². The van der Waals surface area contributed by atoms with Crippen LogP contribution in [-0.4, -0.2) is 5.78 Å². The van der Waals surface area contributed by atoms with Gasteiger partial charge >= 0.3 is 0 Å². The van der Waals surface area contributed by atoms with E-state index in [2.05, 4.69) is 12.1 Å². The number of nitrogens with zero attached hydrogens (tertiary/aromatic N) is 1. The Kier molecular flexibility index (Phi) is 3.10. The van der Waals surface area contributed by atoms with Crippen molar-refractivity contribution in [1.29, 1.82) is 0 Å². The van der Waals surface area contributed by atoms with Crippen molar-refractivity contribution >= 4 is 5.78 Å². The zero-order valence-corrected chi connectivity index (χ0v) is 9.26. The minimum absolute atomic E-state index is 0.162. The van der Waals surface area contributed by atoms with Crippen molar-refractivity contribution in [3.8, 4) is 11.1 Å². The summed E-state index contributed by atoms with van der Waals surface area (Å²) in [6.07, 6.45) is 3.91. The van der Waals surface area contributed by atoms with Crippen LogP contribution in [-0.2, 0) is 11.3 Å². The van der Waals surface area contributed by atoms with E-state index in [1.165, 1.54) is 5.56 Å². The number of hydrogen-bond acceptors (Lipinski definition) is 1. The van der Waals surface area contributed by atoms with Crippen molar-refractivity contribution in [2.75, 3.05) is 0 Å². The molecule has 0 aliphatic heterocycles. The second-order valence-electron chi connectivity index (χ2n) is 3.83. The maximum atomic E-state index is 11.0. The van der Waals surface area contributed by atoms with E-state index in [0.29, 0.717) is 6.54 Å². The van der Waals surface area contributed by atoms with Gasteiger partial charge in [0.05, 0.1) is 0 Å². The molecule has 2 aromatic rings. The first-order valence-corrected chi connectivity index (χ1v) is 5.30. The molecular formula is C14H14NO+. The van der Waals surface area contributed by atoms with Gasteiger partial charge in [0.2, 0.25) is 6.54 Å². The Hall–Kier alpha value is -1.96. The van der Waals surface area contributed by atoms with E-state index in [-0.39, 0.29) is 5.78 Å². The monoisotopic (exact) mass is 212 g/mol. The maximum absolute atomic E-state index is 11.0. The number of benzene rings is 1. The number of pyridine rings is 1. The Morgan fingerprint density at radius 1 is 1.06 bits per heavy atom. The van der Waals surface area contributed by atoms with Crippen molar-refractivity contribution in [1.82, 2.24) is 0 Å². The molecule has 2 heteroatoms. The summed E-state index contributed by atoms with van der Waals surface area (Å²) in [7, 11) is 0. The number of Topliss-reactive ketones (excluding diaryl/α,β-unsaturated/α-hetero) is 1. The fourth-order valence-electron chi connectivity index (χ4n) is 1.68. The van der Waals surface area contributed by atoms with E-state index in [9.17, 15) is 4.79 Å². The zero-order valence-electron chi connectivity index (χ0n) is 9.26. The van der Waals surface area contributed by atoms with E-state index in [4.69, 9.17) is 0 Å². The van der Waals surface area contributed by atoms with E-state index in [1.54, 1.807) is 6.92 Å². The Morgan fingerprint density at radius 2 is 1.75 bits per heavy atom. The van der Waals surface area contributed by atoms with Gasteiger partial charge in [-0.2, -0.15) is 4.57 Å². The first-order chi connectivity index (χ1) is 7.75. The summed E-state index contributed by atoms with van der Waals surface area (Å²) < 4.78 is 1.91. The Bertz CT molecular complexity index is 491. The van der Waals surface area contributed by atoms with Gasteiger partial charge in [-0.3, -0.25) is 4.79 Å². The SMILES string of the molecule is CC(=O)C[n+]1cccc(-c2ccccc2)c1. The molecule has 1 aromatic heterocycles. The summed E-state index contributed by atoms with van der Waals surface area (Å²) in [6.45, 7) is 2.03. The lowest BCUT2D eigenvalue weighted by Gasteiger charge is -1.99. The van der Waals surface area contributed by atoms with Crippen LogP contribution in [0.4, 0.5) is 0 Å². The van der Waals surface area contributed by atoms with E-state index in [1.807, 2.05) is 47.3 Å². The van der Waals surface area contributed by atoms with Crippen LogP contribution < -0.4 is 4.57 Å². The van der Waals surface area contributed by atoms with Crippen molar-refractivity contribution in [2.24, 2.45) is 0 Å². The molecule has 2 nitrogen and oxygen atoms in total. The van der Waals surface area contributed by atoms with Crippen molar-refractivity contribution < 1.29 is 9.36 Å². The van der Waals surface area contributed by atoms with Gasteiger partial charge in [0.1, 0.15) is 0 Å². The van der Waals surface area contributed by atoms with Gasteiger partial charge in [-0.15, -0.1) is 0 Å². The fourth-order valence-corrected chi connectivity index (χ4v) is 1.68. The molecule has 0 unspecified atom stereocenters. The summed E-state index contributed by atoms with van der Waals surface area (Å²) in [6, 6.07) is 14.2. The first kappa shape index (κ1) is 10.6. The van der Waals surface area contributed by atoms with Crippen LogP contribution in [0.25, 0.3) is 11.1 Å². The predicted octanol–water partition coefficient (Wildman–Crippen LogP) is 2.23. The predicted molar refractivity (Wildman–Crippen MR) is 62.8 cm³/mol. The second kappa shape index (κ2) is 4.71. The van der Waals surface area contributed by atoms with Crippen LogP contribution in [0.15, 0.2) is 54.9 Å². The highest BCUT2D eigenvalue weighted by Gasteiger charge is 2.06. The highest BCUT2D eigenvalue weighted by atomic mass is 16.1. The van der Waals surface area contributed by atoms with Gasteiger partial charge in [-0.05, 0) is 11.6 Å². The molecule has 0 spiro atoms. The molecule has 0 aliphatic carbocycles. The summed E-state index contributed by atoms with van der Waals surface area (Å²) in [5.41, 5.74) is 2.30. The number of carbonyl (C=O) groups is 1. The molecule has 0 saturated heterocycles. The standard InChI is InChI=1S/C14H14NO/c1-12(16)10-15-9-5-8-14(11-15)13-6-3-2-4-7-13/h2-9,11H,10H2,1H3/q+1. The molecule has 0 saturated carbocycles. The van der Waals surface area contributed by atoms with E-state index in [0.717, 1.165) is 5.56 Å². The molecule has 2 rings (SSSR count). The molecule has 1 heterocycles. The molecule has 0 atom stereocenters. The number of carbonyl (C=O) groups excluding carboxylic acids is 1. The zero-order chi connectivity index (χ0) is 11.4. The highest BCUT2D eigenvalue weighted by molar-refractivity contribution is 5.73. The Balaban J connectivity index is 2.33. The molecule has 0 N–H and O–H groups in total. The Morgan fingerprint density at radius 3 is 2.44 bits per heavy atom. The second-order valence-corrected chi connectivity index (χ2v) is 3.83. The van der Waals surface area contributed by atoms with Gasteiger partial charge in [0, 0.05) is 18.6 Å². The molecule has 1 aromatic carbocycles. The molecule has 16 heavy (non-hydrogen) atoms. The number of aromatic nitrogens is 1. The van der Waals surface area contributed by atoms with Crippen LogP contribution in [0.5, 0.6) is 0 Å². The number of rotatable bonds is 3. The minimum Gasteiger partial charge on any atom is -0.293 e.